The van der Waals surface area contributed by atoms with E-state index in [1.165, 1.54) is 0 Å². The van der Waals surface area contributed by atoms with Gasteiger partial charge in [0.05, 0.1) is 6.33 Å². The molecule has 0 saturated carbocycles. The van der Waals surface area contributed by atoms with Gasteiger partial charge in [0.15, 0.2) is 6.61 Å². The first kappa shape index (κ1) is 18.0. The van der Waals surface area contributed by atoms with Gasteiger partial charge in [-0.2, -0.15) is 5.26 Å². The molecule has 27 heavy (non-hydrogen) atoms. The van der Waals surface area contributed by atoms with E-state index in [0.29, 0.717) is 24.5 Å². The topological polar surface area (TPSA) is 92.0 Å². The maximum Gasteiger partial charge on any atom is 0.319 e. The Bertz CT molecular complexity index is 914. The molecule has 136 valence electrons. The molecular formula is C20H19N5O2. The minimum atomic E-state index is -0.293. The van der Waals surface area contributed by atoms with Gasteiger partial charge >= 0.3 is 6.03 Å². The van der Waals surface area contributed by atoms with Gasteiger partial charge in [0, 0.05) is 31.2 Å². The number of urea groups is 1. The third-order valence-electron chi connectivity index (χ3n) is 3.89. The fourth-order valence-electron chi connectivity index (χ4n) is 2.56. The standard InChI is InChI=1S/C20H19N5O2/c21-9-12-27-19-7-5-18(6-8-19)24-20(26)23-13-16-3-1-2-4-17(16)14-25-11-10-22-15-25/h1-8,10-11,15H,12-14H2,(H2,23,24,26). The molecule has 0 aliphatic rings. The number of nitriles is 1. The molecule has 0 saturated heterocycles. The van der Waals surface area contributed by atoms with Crippen molar-refractivity contribution < 1.29 is 9.53 Å². The third-order valence-corrected chi connectivity index (χ3v) is 3.89. The van der Waals surface area contributed by atoms with Gasteiger partial charge in [0.1, 0.15) is 11.8 Å². The second kappa shape index (κ2) is 9.06. The number of benzene rings is 2. The molecule has 0 aliphatic heterocycles. The molecule has 0 aliphatic carbocycles. The Kier molecular flexibility index (Phi) is 6.04. The van der Waals surface area contributed by atoms with Crippen LogP contribution in [0.5, 0.6) is 5.75 Å². The van der Waals surface area contributed by atoms with Crippen molar-refractivity contribution in [1.29, 1.82) is 5.26 Å². The fraction of sp³-hybridized carbons (Fsp3) is 0.150. The van der Waals surface area contributed by atoms with Crippen LogP contribution in [0.4, 0.5) is 10.5 Å². The van der Waals surface area contributed by atoms with Crippen molar-refractivity contribution >= 4 is 11.7 Å². The number of imidazole rings is 1. The number of hydrogen-bond donors (Lipinski definition) is 2. The first-order valence-corrected chi connectivity index (χ1v) is 8.42. The molecular weight excluding hydrogens is 342 g/mol. The van der Waals surface area contributed by atoms with E-state index in [1.54, 1.807) is 36.8 Å². The number of hydrogen-bond acceptors (Lipinski definition) is 4. The summed E-state index contributed by atoms with van der Waals surface area (Å²) in [6.45, 7) is 1.11. The predicted molar refractivity (Wildman–Crippen MR) is 101 cm³/mol. The van der Waals surface area contributed by atoms with Crippen molar-refractivity contribution in [3.63, 3.8) is 0 Å². The molecule has 7 heteroatoms. The molecule has 0 spiro atoms. The largest absolute Gasteiger partial charge is 0.479 e. The Labute approximate surface area is 157 Å². The fourth-order valence-corrected chi connectivity index (χ4v) is 2.56. The van der Waals surface area contributed by atoms with Gasteiger partial charge in [0.2, 0.25) is 0 Å². The Balaban J connectivity index is 1.54. The molecule has 2 N–H and O–H groups in total. The Morgan fingerprint density at radius 1 is 1.15 bits per heavy atom. The van der Waals surface area contributed by atoms with Crippen molar-refractivity contribution in [3.05, 3.63) is 78.4 Å². The highest BCUT2D eigenvalue weighted by molar-refractivity contribution is 5.89. The number of aromatic nitrogens is 2. The number of carbonyl (C=O) groups excluding carboxylic acids is 1. The second-order valence-electron chi connectivity index (χ2n) is 5.78. The zero-order valence-electron chi connectivity index (χ0n) is 14.6. The summed E-state index contributed by atoms with van der Waals surface area (Å²) in [4.78, 5) is 16.2. The molecule has 7 nitrogen and oxygen atoms in total. The Hall–Kier alpha value is -3.79. The van der Waals surface area contributed by atoms with E-state index in [4.69, 9.17) is 10.00 Å². The van der Waals surface area contributed by atoms with E-state index in [2.05, 4.69) is 15.6 Å². The molecule has 2 amide bonds. The van der Waals surface area contributed by atoms with Crippen LogP contribution < -0.4 is 15.4 Å². The van der Waals surface area contributed by atoms with E-state index in [9.17, 15) is 4.79 Å². The summed E-state index contributed by atoms with van der Waals surface area (Å²) in [5.74, 6) is 0.580. The van der Waals surface area contributed by atoms with E-state index in [0.717, 1.165) is 11.1 Å². The molecule has 0 radical (unpaired) electrons. The highest BCUT2D eigenvalue weighted by Gasteiger charge is 2.06. The molecule has 1 heterocycles. The van der Waals surface area contributed by atoms with Crippen molar-refractivity contribution in [2.24, 2.45) is 0 Å². The van der Waals surface area contributed by atoms with Gasteiger partial charge in [-0.1, -0.05) is 24.3 Å². The molecule has 3 rings (SSSR count). The van der Waals surface area contributed by atoms with Crippen LogP contribution in [0, 0.1) is 11.3 Å². The molecule has 0 fully saturated rings. The van der Waals surface area contributed by atoms with Crippen molar-refractivity contribution in [2.45, 2.75) is 13.1 Å². The van der Waals surface area contributed by atoms with Crippen LogP contribution in [0.25, 0.3) is 0 Å². The van der Waals surface area contributed by atoms with Crippen LogP contribution in [-0.2, 0) is 13.1 Å². The minimum absolute atomic E-state index is 0.00819. The summed E-state index contributed by atoms with van der Waals surface area (Å²) in [6.07, 6.45) is 5.41. The summed E-state index contributed by atoms with van der Waals surface area (Å²) in [5.41, 5.74) is 2.81. The zero-order chi connectivity index (χ0) is 18.9. The summed E-state index contributed by atoms with van der Waals surface area (Å²) in [5, 5.41) is 14.1. The summed E-state index contributed by atoms with van der Waals surface area (Å²) in [7, 11) is 0. The van der Waals surface area contributed by atoms with Crippen LogP contribution in [0.15, 0.2) is 67.3 Å². The zero-order valence-corrected chi connectivity index (χ0v) is 14.6. The van der Waals surface area contributed by atoms with Gasteiger partial charge in [-0.3, -0.25) is 0 Å². The van der Waals surface area contributed by atoms with E-state index >= 15 is 0 Å². The lowest BCUT2D eigenvalue weighted by Crippen LogP contribution is -2.28. The van der Waals surface area contributed by atoms with Crippen LogP contribution in [-0.4, -0.2) is 22.2 Å². The number of anilines is 1. The lowest BCUT2D eigenvalue weighted by atomic mass is 10.1. The first-order valence-electron chi connectivity index (χ1n) is 8.42. The number of rotatable bonds is 7. The first-order chi connectivity index (χ1) is 13.2. The molecule has 3 aromatic rings. The van der Waals surface area contributed by atoms with Gasteiger partial charge in [-0.05, 0) is 35.4 Å². The lowest BCUT2D eigenvalue weighted by molar-refractivity contribution is 0.251. The molecule has 0 bridgehead atoms. The lowest BCUT2D eigenvalue weighted by Gasteiger charge is -2.12. The maximum absolute atomic E-state index is 12.2. The van der Waals surface area contributed by atoms with Gasteiger partial charge in [-0.25, -0.2) is 9.78 Å². The van der Waals surface area contributed by atoms with E-state index in [1.807, 2.05) is 41.1 Å². The monoisotopic (exact) mass is 361 g/mol. The third kappa shape index (κ3) is 5.34. The van der Waals surface area contributed by atoms with Crippen LogP contribution in [0.3, 0.4) is 0 Å². The molecule has 0 atom stereocenters. The van der Waals surface area contributed by atoms with E-state index < -0.39 is 0 Å². The number of carbonyl (C=O) groups is 1. The number of nitrogens with zero attached hydrogens (tertiary/aromatic N) is 3. The Morgan fingerprint density at radius 2 is 1.93 bits per heavy atom. The smallest absolute Gasteiger partial charge is 0.319 e. The molecule has 2 aromatic carbocycles. The highest BCUT2D eigenvalue weighted by Crippen LogP contribution is 2.15. The SMILES string of the molecule is N#CCOc1ccc(NC(=O)NCc2ccccc2Cn2ccnc2)cc1. The quantitative estimate of drug-likeness (QED) is 0.676. The highest BCUT2D eigenvalue weighted by atomic mass is 16.5. The van der Waals surface area contributed by atoms with Crippen molar-refractivity contribution in [2.75, 3.05) is 11.9 Å². The summed E-state index contributed by atoms with van der Waals surface area (Å²) < 4.78 is 7.16. The van der Waals surface area contributed by atoms with Gasteiger partial charge < -0.3 is 19.9 Å². The minimum Gasteiger partial charge on any atom is -0.479 e. The maximum atomic E-state index is 12.2. The molecule has 1 aromatic heterocycles. The molecule has 0 unspecified atom stereocenters. The normalized spacial score (nSPS) is 10.0. The average molecular weight is 361 g/mol. The van der Waals surface area contributed by atoms with Crippen molar-refractivity contribution in [3.8, 4) is 11.8 Å². The van der Waals surface area contributed by atoms with Gasteiger partial charge in [0.25, 0.3) is 0 Å². The van der Waals surface area contributed by atoms with Crippen LogP contribution >= 0.6 is 0 Å². The number of amides is 2. The Morgan fingerprint density at radius 3 is 2.63 bits per heavy atom. The number of nitrogens with one attached hydrogen (secondary N) is 2. The number of ether oxygens (including phenoxy) is 1. The summed E-state index contributed by atoms with van der Waals surface area (Å²) in [6, 6.07) is 16.4. The van der Waals surface area contributed by atoms with E-state index in [-0.39, 0.29) is 12.6 Å². The summed E-state index contributed by atoms with van der Waals surface area (Å²) >= 11 is 0. The predicted octanol–water partition coefficient (Wildman–Crippen LogP) is 3.16. The van der Waals surface area contributed by atoms with Crippen molar-refractivity contribution in [1.82, 2.24) is 14.9 Å². The van der Waals surface area contributed by atoms with Crippen LogP contribution in [0.1, 0.15) is 11.1 Å². The second-order valence-corrected chi connectivity index (χ2v) is 5.78. The van der Waals surface area contributed by atoms with Gasteiger partial charge in [-0.15, -0.1) is 0 Å². The average Bonchev–Trinajstić information content (AvgIpc) is 3.20. The van der Waals surface area contributed by atoms with Crippen LogP contribution in [0.2, 0.25) is 0 Å².